The summed E-state index contributed by atoms with van der Waals surface area (Å²) < 4.78 is 0. The second kappa shape index (κ2) is 5.13. The molecule has 0 saturated heterocycles. The normalized spacial score (nSPS) is 24.1. The van der Waals surface area contributed by atoms with Crippen LogP contribution < -0.4 is 0 Å². The van der Waals surface area contributed by atoms with Crippen molar-refractivity contribution in [1.82, 2.24) is 4.90 Å². The molecule has 0 unspecified atom stereocenters. The molecule has 1 heterocycles. The van der Waals surface area contributed by atoms with Crippen LogP contribution >= 0.6 is 0 Å². The summed E-state index contributed by atoms with van der Waals surface area (Å²) in [5.41, 5.74) is 6.67. The molecule has 0 radical (unpaired) electrons. The van der Waals surface area contributed by atoms with Crippen molar-refractivity contribution in [2.45, 2.75) is 38.1 Å². The SMILES string of the molecule is Cc1cc2c(cc1O)[C@H]1c3ccccc3CCN(C)[C@@H]1CC2. The van der Waals surface area contributed by atoms with Crippen LogP contribution in [0.5, 0.6) is 5.75 Å². The van der Waals surface area contributed by atoms with Crippen molar-refractivity contribution in [2.75, 3.05) is 13.6 Å². The Morgan fingerprint density at radius 3 is 2.73 bits per heavy atom. The van der Waals surface area contributed by atoms with Gasteiger partial charge in [0.2, 0.25) is 0 Å². The van der Waals surface area contributed by atoms with Gasteiger partial charge in [-0.25, -0.2) is 0 Å². The number of aryl methyl sites for hydroxylation is 2. The van der Waals surface area contributed by atoms with Crippen LogP contribution in [0.4, 0.5) is 0 Å². The maximum absolute atomic E-state index is 10.2. The number of likely N-dealkylation sites (N-methyl/N-ethyl adjacent to an activating group) is 1. The molecule has 2 heteroatoms. The fraction of sp³-hybridized carbons (Fsp3) is 0.400. The van der Waals surface area contributed by atoms with E-state index in [2.05, 4.69) is 42.3 Å². The van der Waals surface area contributed by atoms with Gasteiger partial charge >= 0.3 is 0 Å². The van der Waals surface area contributed by atoms with Gasteiger partial charge in [0.25, 0.3) is 0 Å². The van der Waals surface area contributed by atoms with E-state index in [1.165, 1.54) is 28.7 Å². The Balaban J connectivity index is 1.94. The van der Waals surface area contributed by atoms with E-state index >= 15 is 0 Å². The van der Waals surface area contributed by atoms with Gasteiger partial charge in [0, 0.05) is 18.5 Å². The second-order valence-corrected chi connectivity index (χ2v) is 6.85. The number of nitrogens with zero attached hydrogens (tertiary/aromatic N) is 1. The van der Waals surface area contributed by atoms with Gasteiger partial charge in [-0.1, -0.05) is 30.3 Å². The van der Waals surface area contributed by atoms with Gasteiger partial charge in [-0.15, -0.1) is 0 Å². The Morgan fingerprint density at radius 1 is 1.05 bits per heavy atom. The molecular weight excluding hydrogens is 270 g/mol. The van der Waals surface area contributed by atoms with Gasteiger partial charge in [-0.05, 0) is 67.1 Å². The van der Waals surface area contributed by atoms with E-state index < -0.39 is 0 Å². The molecule has 0 fully saturated rings. The van der Waals surface area contributed by atoms with Gasteiger partial charge < -0.3 is 10.0 Å². The molecule has 0 saturated carbocycles. The van der Waals surface area contributed by atoms with E-state index in [0.29, 0.717) is 17.7 Å². The minimum Gasteiger partial charge on any atom is -0.508 e. The van der Waals surface area contributed by atoms with Crippen LogP contribution in [-0.4, -0.2) is 29.6 Å². The quantitative estimate of drug-likeness (QED) is 0.801. The van der Waals surface area contributed by atoms with E-state index in [-0.39, 0.29) is 0 Å². The van der Waals surface area contributed by atoms with E-state index in [1.54, 1.807) is 0 Å². The van der Waals surface area contributed by atoms with Gasteiger partial charge in [-0.3, -0.25) is 0 Å². The number of phenols is 1. The molecule has 22 heavy (non-hydrogen) atoms. The lowest BCUT2D eigenvalue weighted by Crippen LogP contribution is -2.39. The fourth-order valence-electron chi connectivity index (χ4n) is 4.33. The Labute approximate surface area is 132 Å². The predicted octanol–water partition coefficient (Wildman–Crippen LogP) is 3.64. The Bertz CT molecular complexity index is 722. The van der Waals surface area contributed by atoms with Crippen molar-refractivity contribution < 1.29 is 5.11 Å². The highest BCUT2D eigenvalue weighted by Gasteiger charge is 2.36. The Kier molecular flexibility index (Phi) is 3.23. The molecule has 0 aromatic heterocycles. The minimum atomic E-state index is 0.388. The topological polar surface area (TPSA) is 23.5 Å². The smallest absolute Gasteiger partial charge is 0.118 e. The number of rotatable bonds is 0. The van der Waals surface area contributed by atoms with E-state index in [1.807, 2.05) is 13.0 Å². The molecule has 2 aromatic carbocycles. The minimum absolute atomic E-state index is 0.388. The van der Waals surface area contributed by atoms with Gasteiger partial charge in [0.05, 0.1) is 0 Å². The van der Waals surface area contributed by atoms with Gasteiger partial charge in [-0.2, -0.15) is 0 Å². The van der Waals surface area contributed by atoms with Crippen LogP contribution in [0.3, 0.4) is 0 Å². The standard InChI is InChI=1S/C20H23NO/c1-13-11-15-7-8-18-20(17(15)12-19(13)22)16-6-4-3-5-14(16)9-10-21(18)2/h3-6,11-12,18,20,22H,7-10H2,1-2H3/t18-,20-/m1/s1. The van der Waals surface area contributed by atoms with Crippen LogP contribution in [0.15, 0.2) is 36.4 Å². The number of aromatic hydroxyl groups is 1. The zero-order valence-electron chi connectivity index (χ0n) is 13.3. The van der Waals surface area contributed by atoms with Crippen molar-refractivity contribution in [2.24, 2.45) is 0 Å². The van der Waals surface area contributed by atoms with E-state index in [4.69, 9.17) is 0 Å². The number of fused-ring (bicyclic) bond motifs is 5. The highest BCUT2D eigenvalue weighted by molar-refractivity contribution is 5.50. The summed E-state index contributed by atoms with van der Waals surface area (Å²) in [6.07, 6.45) is 3.43. The number of phenolic OH excluding ortho intramolecular Hbond substituents is 1. The average molecular weight is 293 g/mol. The zero-order valence-corrected chi connectivity index (χ0v) is 13.3. The molecule has 2 aliphatic rings. The average Bonchev–Trinajstić information content (AvgIpc) is 2.67. The van der Waals surface area contributed by atoms with Crippen molar-refractivity contribution in [3.8, 4) is 5.75 Å². The molecule has 4 rings (SSSR count). The van der Waals surface area contributed by atoms with Gasteiger partial charge in [0.1, 0.15) is 5.75 Å². The first-order valence-electron chi connectivity index (χ1n) is 8.25. The zero-order chi connectivity index (χ0) is 15.3. The van der Waals surface area contributed by atoms with Gasteiger partial charge in [0.15, 0.2) is 0 Å². The first-order valence-corrected chi connectivity index (χ1v) is 8.25. The first-order chi connectivity index (χ1) is 10.6. The lowest BCUT2D eigenvalue weighted by molar-refractivity contribution is 0.214. The van der Waals surface area contributed by atoms with Crippen LogP contribution in [0, 0.1) is 6.92 Å². The van der Waals surface area contributed by atoms with Crippen LogP contribution in [-0.2, 0) is 12.8 Å². The van der Waals surface area contributed by atoms with Crippen molar-refractivity contribution in [3.05, 3.63) is 64.2 Å². The largest absolute Gasteiger partial charge is 0.508 e. The Morgan fingerprint density at radius 2 is 1.86 bits per heavy atom. The molecule has 1 N–H and O–H groups in total. The maximum Gasteiger partial charge on any atom is 0.118 e. The molecule has 2 atom stereocenters. The fourth-order valence-corrected chi connectivity index (χ4v) is 4.33. The third-order valence-electron chi connectivity index (χ3n) is 5.58. The third kappa shape index (κ3) is 2.05. The first kappa shape index (κ1) is 13.8. The molecule has 1 aliphatic carbocycles. The Hall–Kier alpha value is -1.80. The highest BCUT2D eigenvalue weighted by Crippen LogP contribution is 2.43. The van der Waals surface area contributed by atoms with E-state index in [9.17, 15) is 5.11 Å². The summed E-state index contributed by atoms with van der Waals surface area (Å²) in [7, 11) is 2.25. The van der Waals surface area contributed by atoms with Crippen molar-refractivity contribution in [3.63, 3.8) is 0 Å². The molecular formula is C20H23NO. The monoisotopic (exact) mass is 293 g/mol. The summed E-state index contributed by atoms with van der Waals surface area (Å²) in [5, 5.41) is 10.2. The summed E-state index contributed by atoms with van der Waals surface area (Å²) in [5.74, 6) is 0.822. The highest BCUT2D eigenvalue weighted by atomic mass is 16.3. The van der Waals surface area contributed by atoms with Crippen molar-refractivity contribution >= 4 is 0 Å². The summed E-state index contributed by atoms with van der Waals surface area (Å²) >= 11 is 0. The summed E-state index contributed by atoms with van der Waals surface area (Å²) in [4.78, 5) is 2.52. The molecule has 0 amide bonds. The number of benzene rings is 2. The molecule has 1 aliphatic heterocycles. The molecule has 2 nitrogen and oxygen atoms in total. The molecule has 0 bridgehead atoms. The lowest BCUT2D eigenvalue weighted by atomic mass is 9.74. The van der Waals surface area contributed by atoms with E-state index in [0.717, 1.165) is 24.9 Å². The molecule has 2 aromatic rings. The predicted molar refractivity (Wildman–Crippen MR) is 89.6 cm³/mol. The van der Waals surface area contributed by atoms with Crippen molar-refractivity contribution in [1.29, 1.82) is 0 Å². The van der Waals surface area contributed by atoms with Crippen LogP contribution in [0.2, 0.25) is 0 Å². The molecule has 0 spiro atoms. The summed E-state index contributed by atoms with van der Waals surface area (Å²) in [6, 6.07) is 13.6. The van der Waals surface area contributed by atoms with Crippen LogP contribution in [0.1, 0.15) is 40.2 Å². The number of hydrogen-bond donors (Lipinski definition) is 1. The third-order valence-corrected chi connectivity index (χ3v) is 5.58. The lowest BCUT2D eigenvalue weighted by Gasteiger charge is -2.38. The number of hydrogen-bond acceptors (Lipinski definition) is 2. The van der Waals surface area contributed by atoms with Crippen LogP contribution in [0.25, 0.3) is 0 Å². The second-order valence-electron chi connectivity index (χ2n) is 6.85. The summed E-state index contributed by atoms with van der Waals surface area (Å²) in [6.45, 7) is 3.11. The molecule has 114 valence electrons. The maximum atomic E-state index is 10.2.